The van der Waals surface area contributed by atoms with Crippen molar-refractivity contribution in [1.29, 1.82) is 0 Å². The zero-order valence-electron chi connectivity index (χ0n) is 8.85. The number of rotatable bonds is 1. The zero-order valence-corrected chi connectivity index (χ0v) is 8.85. The summed E-state index contributed by atoms with van der Waals surface area (Å²) in [5.74, 6) is 0. The van der Waals surface area contributed by atoms with E-state index in [0.29, 0.717) is 12.1 Å². The van der Waals surface area contributed by atoms with Gasteiger partial charge in [-0.25, -0.2) is 0 Å². The van der Waals surface area contributed by atoms with Gasteiger partial charge < -0.3 is 5.73 Å². The van der Waals surface area contributed by atoms with E-state index in [4.69, 9.17) is 5.73 Å². The van der Waals surface area contributed by atoms with Crippen LogP contribution in [0, 0.1) is 0 Å². The Bertz CT molecular complexity index is 307. The predicted molar refractivity (Wildman–Crippen MR) is 55.8 cm³/mol. The largest absolute Gasteiger partial charge is 0.327 e. The summed E-state index contributed by atoms with van der Waals surface area (Å²) in [5, 5.41) is 4.20. The highest BCUT2D eigenvalue weighted by Gasteiger charge is 2.26. The van der Waals surface area contributed by atoms with Gasteiger partial charge >= 0.3 is 0 Å². The lowest BCUT2D eigenvalue weighted by Gasteiger charge is -2.35. The van der Waals surface area contributed by atoms with Crippen molar-refractivity contribution in [2.75, 3.05) is 13.6 Å². The van der Waals surface area contributed by atoms with Gasteiger partial charge in [0.05, 0.1) is 11.7 Å². The molecular formula is C10H18N4. The van der Waals surface area contributed by atoms with E-state index in [-0.39, 0.29) is 0 Å². The Labute approximate surface area is 84.7 Å². The molecule has 0 radical (unpaired) electrons. The Kier molecular flexibility index (Phi) is 2.56. The molecule has 1 aromatic heterocycles. The number of likely N-dealkylation sites (N-methyl/N-ethyl adjacent to an activating group) is 1. The third-order valence-corrected chi connectivity index (χ3v) is 3.07. The molecule has 1 aliphatic heterocycles. The summed E-state index contributed by atoms with van der Waals surface area (Å²) in [7, 11) is 4.13. The number of hydrogen-bond donors (Lipinski definition) is 1. The van der Waals surface area contributed by atoms with Crippen molar-refractivity contribution in [3.63, 3.8) is 0 Å². The Morgan fingerprint density at radius 1 is 1.43 bits per heavy atom. The van der Waals surface area contributed by atoms with Crippen LogP contribution in [-0.4, -0.2) is 34.3 Å². The third-order valence-electron chi connectivity index (χ3n) is 3.07. The standard InChI is InChI=1S/C10H18N4/c1-13-7-8(11)3-4-9(13)10-5-6-12-14(10)2/h5-6,8-9H,3-4,7,11H2,1-2H3. The maximum Gasteiger partial charge on any atom is 0.0552 e. The van der Waals surface area contributed by atoms with Gasteiger partial charge in [-0.05, 0) is 26.0 Å². The number of nitrogens with zero attached hydrogens (tertiary/aromatic N) is 3. The van der Waals surface area contributed by atoms with Gasteiger partial charge in [0.2, 0.25) is 0 Å². The lowest BCUT2D eigenvalue weighted by molar-refractivity contribution is 0.162. The molecule has 0 aromatic carbocycles. The van der Waals surface area contributed by atoms with Gasteiger partial charge in [0.15, 0.2) is 0 Å². The molecule has 2 unspecified atom stereocenters. The quantitative estimate of drug-likeness (QED) is 0.708. The van der Waals surface area contributed by atoms with Crippen LogP contribution < -0.4 is 5.73 Å². The zero-order chi connectivity index (χ0) is 10.1. The summed E-state index contributed by atoms with van der Waals surface area (Å²) < 4.78 is 1.96. The summed E-state index contributed by atoms with van der Waals surface area (Å²) in [6, 6.07) is 2.92. The van der Waals surface area contributed by atoms with Crippen molar-refractivity contribution < 1.29 is 0 Å². The summed E-state index contributed by atoms with van der Waals surface area (Å²) in [6.45, 7) is 0.982. The van der Waals surface area contributed by atoms with E-state index >= 15 is 0 Å². The first-order chi connectivity index (χ1) is 6.68. The van der Waals surface area contributed by atoms with E-state index in [1.165, 1.54) is 5.69 Å². The predicted octanol–water partition coefficient (Wildman–Crippen LogP) is 0.514. The van der Waals surface area contributed by atoms with Crippen LogP contribution >= 0.6 is 0 Å². The van der Waals surface area contributed by atoms with E-state index in [2.05, 4.69) is 23.1 Å². The lowest BCUT2D eigenvalue weighted by atomic mass is 9.97. The van der Waals surface area contributed by atoms with E-state index < -0.39 is 0 Å². The fourth-order valence-corrected chi connectivity index (χ4v) is 2.27. The van der Waals surface area contributed by atoms with Crippen LogP contribution in [0.4, 0.5) is 0 Å². The molecule has 2 rings (SSSR count). The van der Waals surface area contributed by atoms with E-state index in [0.717, 1.165) is 19.4 Å². The molecule has 2 heterocycles. The minimum atomic E-state index is 0.337. The van der Waals surface area contributed by atoms with Crippen molar-refractivity contribution in [3.05, 3.63) is 18.0 Å². The SMILES string of the molecule is CN1CC(N)CCC1c1ccnn1C. The summed E-state index contributed by atoms with van der Waals surface area (Å²) >= 11 is 0. The normalized spacial score (nSPS) is 29.4. The fraction of sp³-hybridized carbons (Fsp3) is 0.700. The van der Waals surface area contributed by atoms with Gasteiger partial charge in [0, 0.05) is 25.8 Å². The lowest BCUT2D eigenvalue weighted by Crippen LogP contribution is -2.42. The first kappa shape index (κ1) is 9.68. The molecule has 4 heteroatoms. The van der Waals surface area contributed by atoms with Crippen molar-refractivity contribution in [1.82, 2.24) is 14.7 Å². The average molecular weight is 194 g/mol. The van der Waals surface area contributed by atoms with Gasteiger partial charge in [-0.1, -0.05) is 0 Å². The van der Waals surface area contributed by atoms with E-state index in [1.807, 2.05) is 17.9 Å². The first-order valence-corrected chi connectivity index (χ1v) is 5.12. The van der Waals surface area contributed by atoms with Crippen LogP contribution in [0.25, 0.3) is 0 Å². The molecule has 1 aliphatic rings. The maximum absolute atomic E-state index is 5.91. The van der Waals surface area contributed by atoms with Crippen LogP contribution in [0.5, 0.6) is 0 Å². The van der Waals surface area contributed by atoms with Crippen molar-refractivity contribution in [2.24, 2.45) is 12.8 Å². The molecule has 1 saturated heterocycles. The molecule has 2 N–H and O–H groups in total. The Morgan fingerprint density at radius 2 is 2.21 bits per heavy atom. The van der Waals surface area contributed by atoms with Crippen LogP contribution in [0.15, 0.2) is 12.3 Å². The number of piperidine rings is 1. The minimum absolute atomic E-state index is 0.337. The third kappa shape index (κ3) is 1.67. The molecule has 0 saturated carbocycles. The van der Waals surface area contributed by atoms with Gasteiger partial charge in [-0.2, -0.15) is 5.10 Å². The molecule has 0 amide bonds. The molecule has 0 aliphatic carbocycles. The second kappa shape index (κ2) is 3.71. The highest BCUT2D eigenvalue weighted by atomic mass is 15.3. The van der Waals surface area contributed by atoms with Crippen molar-refractivity contribution in [3.8, 4) is 0 Å². The Hall–Kier alpha value is -0.870. The molecular weight excluding hydrogens is 176 g/mol. The topological polar surface area (TPSA) is 47.1 Å². The second-order valence-electron chi connectivity index (χ2n) is 4.17. The number of likely N-dealkylation sites (tertiary alicyclic amines) is 1. The molecule has 2 atom stereocenters. The summed E-state index contributed by atoms with van der Waals surface area (Å²) in [4.78, 5) is 2.32. The average Bonchev–Trinajstić information content (AvgIpc) is 2.52. The highest BCUT2D eigenvalue weighted by Crippen LogP contribution is 2.28. The van der Waals surface area contributed by atoms with Gasteiger partial charge in [0.25, 0.3) is 0 Å². The van der Waals surface area contributed by atoms with E-state index in [9.17, 15) is 0 Å². The second-order valence-corrected chi connectivity index (χ2v) is 4.17. The van der Waals surface area contributed by atoms with Crippen molar-refractivity contribution >= 4 is 0 Å². The number of aromatic nitrogens is 2. The molecule has 1 fully saturated rings. The first-order valence-electron chi connectivity index (χ1n) is 5.12. The van der Waals surface area contributed by atoms with E-state index in [1.54, 1.807) is 0 Å². The van der Waals surface area contributed by atoms with Crippen LogP contribution in [0.2, 0.25) is 0 Å². The maximum atomic E-state index is 5.91. The van der Waals surface area contributed by atoms with Crippen LogP contribution in [0.1, 0.15) is 24.6 Å². The molecule has 78 valence electrons. The van der Waals surface area contributed by atoms with Crippen LogP contribution in [-0.2, 0) is 7.05 Å². The smallest absolute Gasteiger partial charge is 0.0552 e. The number of aryl methyl sites for hydroxylation is 1. The Morgan fingerprint density at radius 3 is 2.79 bits per heavy atom. The number of hydrogen-bond acceptors (Lipinski definition) is 3. The number of nitrogens with two attached hydrogens (primary N) is 1. The molecule has 4 nitrogen and oxygen atoms in total. The van der Waals surface area contributed by atoms with Gasteiger partial charge in [0.1, 0.15) is 0 Å². The van der Waals surface area contributed by atoms with Gasteiger partial charge in [-0.3, -0.25) is 9.58 Å². The molecule has 14 heavy (non-hydrogen) atoms. The highest BCUT2D eigenvalue weighted by molar-refractivity contribution is 5.08. The Balaban J connectivity index is 2.15. The van der Waals surface area contributed by atoms with Crippen LogP contribution in [0.3, 0.4) is 0 Å². The summed E-state index contributed by atoms with van der Waals surface area (Å²) in [5.41, 5.74) is 7.21. The summed E-state index contributed by atoms with van der Waals surface area (Å²) in [6.07, 6.45) is 4.11. The fourth-order valence-electron chi connectivity index (χ4n) is 2.27. The molecule has 1 aromatic rings. The van der Waals surface area contributed by atoms with Crippen molar-refractivity contribution in [2.45, 2.75) is 24.9 Å². The minimum Gasteiger partial charge on any atom is -0.327 e. The monoisotopic (exact) mass is 194 g/mol. The molecule has 0 bridgehead atoms. The molecule has 0 spiro atoms. The van der Waals surface area contributed by atoms with Gasteiger partial charge in [-0.15, -0.1) is 0 Å².